The monoisotopic (exact) mass is 404 g/mol. The third-order valence-electron chi connectivity index (χ3n) is 4.21. The van der Waals surface area contributed by atoms with Crippen LogP contribution in [0.4, 0.5) is 13.2 Å². The lowest BCUT2D eigenvalue weighted by molar-refractivity contribution is -0.274. The summed E-state index contributed by atoms with van der Waals surface area (Å²) in [5.74, 6) is -0.506. The van der Waals surface area contributed by atoms with Crippen LogP contribution in [-0.4, -0.2) is 24.0 Å². The van der Waals surface area contributed by atoms with Gasteiger partial charge in [0.2, 0.25) is 0 Å². The number of amides is 1. The zero-order chi connectivity index (χ0) is 20.9. The molecule has 0 spiro atoms. The van der Waals surface area contributed by atoms with Crippen molar-refractivity contribution >= 4 is 5.91 Å². The second kappa shape index (κ2) is 8.81. The van der Waals surface area contributed by atoms with Gasteiger partial charge in [0.15, 0.2) is 5.76 Å². The zero-order valence-electron chi connectivity index (χ0n) is 15.6. The smallest absolute Gasteiger partial charge is 0.406 e. The van der Waals surface area contributed by atoms with E-state index < -0.39 is 6.36 Å². The highest BCUT2D eigenvalue weighted by Crippen LogP contribution is 2.29. The Balaban J connectivity index is 1.64. The zero-order valence-corrected chi connectivity index (χ0v) is 15.6. The molecular weight excluding hydrogens is 385 g/mol. The number of benzene rings is 2. The van der Waals surface area contributed by atoms with E-state index in [0.717, 1.165) is 25.0 Å². The van der Waals surface area contributed by atoms with Gasteiger partial charge in [0.25, 0.3) is 5.91 Å². The van der Waals surface area contributed by atoms with Crippen molar-refractivity contribution in [3.8, 4) is 17.1 Å². The number of alkyl halides is 3. The van der Waals surface area contributed by atoms with Crippen LogP contribution < -0.4 is 10.1 Å². The summed E-state index contributed by atoms with van der Waals surface area (Å²) in [5.41, 5.74) is 2.27. The molecule has 3 aromatic rings. The number of aromatic nitrogens is 1. The topological polar surface area (TPSA) is 64.4 Å². The van der Waals surface area contributed by atoms with E-state index in [1.54, 1.807) is 6.92 Å². The van der Waals surface area contributed by atoms with Crippen molar-refractivity contribution in [2.24, 2.45) is 0 Å². The first-order valence-electron chi connectivity index (χ1n) is 8.98. The Morgan fingerprint density at radius 3 is 2.45 bits per heavy atom. The normalized spacial score (nSPS) is 11.3. The molecule has 1 N–H and O–H groups in total. The molecule has 29 heavy (non-hydrogen) atoms. The minimum Gasteiger partial charge on any atom is -0.406 e. The summed E-state index contributed by atoms with van der Waals surface area (Å²) in [4.78, 5) is 12.6. The molecule has 1 heterocycles. The molecular formula is C21H19F3N2O3. The van der Waals surface area contributed by atoms with E-state index in [0.29, 0.717) is 17.8 Å². The van der Waals surface area contributed by atoms with Gasteiger partial charge in [0, 0.05) is 12.1 Å². The molecule has 0 aliphatic rings. The number of hydrogen-bond acceptors (Lipinski definition) is 4. The lowest BCUT2D eigenvalue weighted by Crippen LogP contribution is -2.25. The third-order valence-corrected chi connectivity index (χ3v) is 4.21. The van der Waals surface area contributed by atoms with E-state index in [4.69, 9.17) is 4.52 Å². The first-order valence-corrected chi connectivity index (χ1v) is 8.98. The maximum Gasteiger partial charge on any atom is 0.573 e. The van der Waals surface area contributed by atoms with Crippen molar-refractivity contribution in [3.63, 3.8) is 0 Å². The summed E-state index contributed by atoms with van der Waals surface area (Å²) in [5, 5.41) is 6.66. The van der Waals surface area contributed by atoms with Gasteiger partial charge in [-0.25, -0.2) is 0 Å². The summed E-state index contributed by atoms with van der Waals surface area (Å²) >= 11 is 0. The van der Waals surface area contributed by atoms with Gasteiger partial charge in [-0.2, -0.15) is 0 Å². The molecule has 2 aromatic carbocycles. The molecule has 152 valence electrons. The largest absolute Gasteiger partial charge is 0.573 e. The van der Waals surface area contributed by atoms with Crippen LogP contribution in [0.3, 0.4) is 0 Å². The van der Waals surface area contributed by atoms with Crippen molar-refractivity contribution in [1.82, 2.24) is 10.5 Å². The number of hydrogen-bond donors (Lipinski definition) is 1. The van der Waals surface area contributed by atoms with E-state index in [2.05, 4.69) is 15.2 Å². The molecule has 0 fully saturated rings. The quantitative estimate of drug-likeness (QED) is 0.568. The van der Waals surface area contributed by atoms with Gasteiger partial charge >= 0.3 is 6.36 Å². The minimum atomic E-state index is -4.77. The average molecular weight is 404 g/mol. The first kappa shape index (κ1) is 20.4. The highest BCUT2D eigenvalue weighted by atomic mass is 19.4. The van der Waals surface area contributed by atoms with Crippen molar-refractivity contribution in [1.29, 1.82) is 0 Å². The number of carbonyl (C=O) groups is 1. The van der Waals surface area contributed by atoms with Crippen LogP contribution in [0.15, 0.2) is 59.1 Å². The Morgan fingerprint density at radius 1 is 1.10 bits per heavy atom. The molecule has 0 atom stereocenters. The van der Waals surface area contributed by atoms with E-state index in [1.165, 1.54) is 17.7 Å². The molecule has 5 nitrogen and oxygen atoms in total. The SMILES string of the molecule is Cc1noc(-c2ccc(OC(F)(F)F)cc2)c1C(=O)NCCCc1ccccc1. The van der Waals surface area contributed by atoms with Crippen molar-refractivity contribution in [3.05, 3.63) is 71.4 Å². The van der Waals surface area contributed by atoms with E-state index in [9.17, 15) is 18.0 Å². The predicted molar refractivity (Wildman–Crippen MR) is 100 cm³/mol. The number of aryl methyl sites for hydroxylation is 2. The Labute approximate surface area is 165 Å². The van der Waals surface area contributed by atoms with Gasteiger partial charge < -0.3 is 14.6 Å². The van der Waals surface area contributed by atoms with Crippen LogP contribution in [-0.2, 0) is 6.42 Å². The maximum absolute atomic E-state index is 12.6. The molecule has 0 saturated carbocycles. The van der Waals surface area contributed by atoms with Gasteiger partial charge in [0.05, 0.1) is 5.69 Å². The van der Waals surface area contributed by atoms with Crippen molar-refractivity contribution in [2.75, 3.05) is 6.54 Å². The summed E-state index contributed by atoms with van der Waals surface area (Å²) in [7, 11) is 0. The minimum absolute atomic E-state index is 0.196. The highest BCUT2D eigenvalue weighted by Gasteiger charge is 2.31. The Kier molecular flexibility index (Phi) is 6.21. The number of nitrogens with one attached hydrogen (secondary N) is 1. The van der Waals surface area contributed by atoms with Crippen LogP contribution in [0.1, 0.15) is 28.0 Å². The number of halogens is 3. The molecule has 1 aromatic heterocycles. The molecule has 8 heteroatoms. The lowest BCUT2D eigenvalue weighted by atomic mass is 10.1. The summed E-state index contributed by atoms with van der Waals surface area (Å²) in [6.45, 7) is 2.10. The van der Waals surface area contributed by atoms with Crippen LogP contribution in [0, 0.1) is 6.92 Å². The van der Waals surface area contributed by atoms with E-state index in [1.807, 2.05) is 30.3 Å². The summed E-state index contributed by atoms with van der Waals surface area (Å²) < 4.78 is 46.0. The molecule has 1 amide bonds. The summed E-state index contributed by atoms with van der Waals surface area (Å²) in [6, 6.07) is 15.0. The fraction of sp³-hybridized carbons (Fsp3) is 0.238. The first-order chi connectivity index (χ1) is 13.8. The second-order valence-electron chi connectivity index (χ2n) is 6.39. The van der Waals surface area contributed by atoms with Gasteiger partial charge in [-0.3, -0.25) is 4.79 Å². The van der Waals surface area contributed by atoms with Gasteiger partial charge in [0.1, 0.15) is 11.3 Å². The number of nitrogens with zero attached hydrogens (tertiary/aromatic N) is 1. The Hall–Kier alpha value is -3.29. The van der Waals surface area contributed by atoms with E-state index in [-0.39, 0.29) is 23.0 Å². The number of carbonyl (C=O) groups excluding carboxylic acids is 1. The lowest BCUT2D eigenvalue weighted by Gasteiger charge is -2.09. The van der Waals surface area contributed by atoms with Crippen LogP contribution in [0.5, 0.6) is 5.75 Å². The molecule has 0 saturated heterocycles. The van der Waals surface area contributed by atoms with E-state index >= 15 is 0 Å². The summed E-state index contributed by atoms with van der Waals surface area (Å²) in [6.07, 6.45) is -3.18. The van der Waals surface area contributed by atoms with Gasteiger partial charge in [-0.05, 0) is 49.6 Å². The molecule has 0 radical (unpaired) electrons. The molecule has 0 unspecified atom stereocenters. The van der Waals surface area contributed by atoms with Crippen LogP contribution in [0.25, 0.3) is 11.3 Å². The second-order valence-corrected chi connectivity index (χ2v) is 6.39. The Bertz CT molecular complexity index is 952. The van der Waals surface area contributed by atoms with Gasteiger partial charge in [-0.15, -0.1) is 13.2 Å². The fourth-order valence-electron chi connectivity index (χ4n) is 2.87. The number of ether oxygens (including phenoxy) is 1. The fourth-order valence-corrected chi connectivity index (χ4v) is 2.87. The third kappa shape index (κ3) is 5.60. The molecule has 0 aliphatic carbocycles. The van der Waals surface area contributed by atoms with Crippen molar-refractivity contribution in [2.45, 2.75) is 26.1 Å². The molecule has 3 rings (SSSR count). The van der Waals surface area contributed by atoms with Crippen LogP contribution >= 0.6 is 0 Å². The predicted octanol–water partition coefficient (Wildman–Crippen LogP) is 4.91. The number of rotatable bonds is 7. The standard InChI is InChI=1S/C21H19F3N2O3/c1-14-18(20(27)25-13-5-8-15-6-3-2-4-7-15)19(29-26-14)16-9-11-17(12-10-16)28-21(22,23)24/h2-4,6-7,9-12H,5,8,13H2,1H3,(H,25,27). The van der Waals surface area contributed by atoms with Gasteiger partial charge in [-0.1, -0.05) is 35.5 Å². The molecule has 0 bridgehead atoms. The molecule has 0 aliphatic heterocycles. The average Bonchev–Trinajstić information content (AvgIpc) is 3.07. The van der Waals surface area contributed by atoms with Crippen LogP contribution in [0.2, 0.25) is 0 Å². The van der Waals surface area contributed by atoms with Crippen molar-refractivity contribution < 1.29 is 27.2 Å². The highest BCUT2D eigenvalue weighted by molar-refractivity contribution is 6.00. The maximum atomic E-state index is 12.6. The Morgan fingerprint density at radius 2 is 1.79 bits per heavy atom.